The molecular weight excluding hydrogens is 234 g/mol. The fourth-order valence-corrected chi connectivity index (χ4v) is 1.40. The number of nitrogens with zero attached hydrogens (tertiary/aromatic N) is 1. The Kier molecular flexibility index (Phi) is 9.02. The van der Waals surface area contributed by atoms with Gasteiger partial charge in [0, 0.05) is 12.8 Å². The van der Waals surface area contributed by atoms with Crippen LogP contribution in [0.4, 0.5) is 0 Å². The molecule has 0 aliphatic heterocycles. The second-order valence-corrected chi connectivity index (χ2v) is 3.88. The van der Waals surface area contributed by atoms with Crippen LogP contribution < -0.4 is 0 Å². The molecule has 102 valence electrons. The van der Waals surface area contributed by atoms with Crippen LogP contribution in [0.2, 0.25) is 0 Å². The highest BCUT2D eigenvalue weighted by Gasteiger charge is 1.97. The van der Waals surface area contributed by atoms with E-state index >= 15 is 0 Å². The summed E-state index contributed by atoms with van der Waals surface area (Å²) in [6.45, 7) is 9.84. The Bertz CT molecular complexity index is 465. The van der Waals surface area contributed by atoms with Crippen LogP contribution in [0.25, 0.3) is 0 Å². The highest BCUT2D eigenvalue weighted by Crippen LogP contribution is 2.08. The molecular formula is C17H23NO. The van der Waals surface area contributed by atoms with Crippen molar-refractivity contribution < 1.29 is 5.11 Å². The minimum Gasteiger partial charge on any atom is -0.400 e. The summed E-state index contributed by atoms with van der Waals surface area (Å²) in [6.07, 6.45) is 7.64. The number of aryl methyl sites for hydroxylation is 1. The Balaban J connectivity index is 0.00000154. The second-order valence-electron chi connectivity index (χ2n) is 3.88. The minimum atomic E-state index is 0.876. The first-order chi connectivity index (χ1) is 9.17. The van der Waals surface area contributed by atoms with Gasteiger partial charge in [0.05, 0.1) is 5.70 Å². The summed E-state index contributed by atoms with van der Waals surface area (Å²) in [5, 5.41) is 7.00. The molecule has 0 heterocycles. The number of hydrogen-bond donors (Lipinski definition) is 1. The van der Waals surface area contributed by atoms with Gasteiger partial charge in [0.2, 0.25) is 0 Å². The minimum absolute atomic E-state index is 0.876. The van der Waals surface area contributed by atoms with E-state index in [1.165, 1.54) is 5.56 Å². The Hall–Kier alpha value is -1.93. The first-order valence-corrected chi connectivity index (χ1v) is 6.20. The SMILES string of the molecule is C=C/C(=C\C=C/C)N=C(C)c1ccc(C)cc1.CO. The third kappa shape index (κ3) is 6.53. The third-order valence-electron chi connectivity index (χ3n) is 2.43. The Labute approximate surface area is 116 Å². The molecule has 0 aliphatic rings. The highest BCUT2D eigenvalue weighted by atomic mass is 16.2. The van der Waals surface area contributed by atoms with Gasteiger partial charge >= 0.3 is 0 Å². The molecule has 0 atom stereocenters. The van der Waals surface area contributed by atoms with E-state index in [2.05, 4.69) is 42.8 Å². The lowest BCUT2D eigenvalue weighted by molar-refractivity contribution is 0.399. The van der Waals surface area contributed by atoms with E-state index < -0.39 is 0 Å². The monoisotopic (exact) mass is 257 g/mol. The molecule has 0 fully saturated rings. The topological polar surface area (TPSA) is 32.6 Å². The normalized spacial score (nSPS) is 12.1. The van der Waals surface area contributed by atoms with Crippen LogP contribution in [0.1, 0.15) is 25.0 Å². The highest BCUT2D eigenvalue weighted by molar-refractivity contribution is 5.99. The summed E-state index contributed by atoms with van der Waals surface area (Å²) in [4.78, 5) is 4.54. The quantitative estimate of drug-likeness (QED) is 0.640. The number of allylic oxidation sites excluding steroid dienone is 4. The number of aliphatic hydroxyl groups is 1. The Morgan fingerprint density at radius 2 is 1.79 bits per heavy atom. The lowest BCUT2D eigenvalue weighted by Crippen LogP contribution is -1.94. The van der Waals surface area contributed by atoms with Crippen molar-refractivity contribution in [1.29, 1.82) is 0 Å². The average molecular weight is 257 g/mol. The third-order valence-corrected chi connectivity index (χ3v) is 2.43. The number of hydrogen-bond acceptors (Lipinski definition) is 2. The molecule has 2 heteroatoms. The molecule has 0 aliphatic carbocycles. The summed E-state index contributed by atoms with van der Waals surface area (Å²) in [6, 6.07) is 8.37. The van der Waals surface area contributed by atoms with Crippen molar-refractivity contribution in [3.05, 3.63) is 72.0 Å². The van der Waals surface area contributed by atoms with E-state index in [4.69, 9.17) is 5.11 Å². The molecule has 0 amide bonds. The number of rotatable bonds is 4. The van der Waals surface area contributed by atoms with Crippen molar-refractivity contribution in [2.24, 2.45) is 4.99 Å². The molecule has 0 unspecified atom stereocenters. The van der Waals surface area contributed by atoms with E-state index in [1.807, 2.05) is 32.1 Å². The number of benzene rings is 1. The maximum atomic E-state index is 7.00. The molecule has 0 saturated heterocycles. The van der Waals surface area contributed by atoms with Crippen molar-refractivity contribution in [3.63, 3.8) is 0 Å². The van der Waals surface area contributed by atoms with Gasteiger partial charge in [0.15, 0.2) is 0 Å². The second kappa shape index (κ2) is 10.0. The van der Waals surface area contributed by atoms with Crippen LogP contribution in [0.5, 0.6) is 0 Å². The van der Waals surface area contributed by atoms with Gasteiger partial charge in [-0.05, 0) is 38.5 Å². The molecule has 19 heavy (non-hydrogen) atoms. The standard InChI is InChI=1S/C16H19N.CH4O/c1-5-7-8-16(6-2)17-14(4)15-11-9-13(3)10-12-15;1-2/h5-12H,2H2,1,3-4H3;2H,1H3/b7-5-,16-8+,17-14?;. The van der Waals surface area contributed by atoms with Gasteiger partial charge in [-0.1, -0.05) is 48.6 Å². The van der Waals surface area contributed by atoms with Crippen LogP contribution in [0.3, 0.4) is 0 Å². The van der Waals surface area contributed by atoms with Gasteiger partial charge in [-0.3, -0.25) is 4.99 Å². The average Bonchev–Trinajstić information content (AvgIpc) is 2.46. The number of aliphatic imine (C=N–C) groups is 1. The Morgan fingerprint density at radius 3 is 2.26 bits per heavy atom. The number of aliphatic hydroxyl groups excluding tert-OH is 1. The van der Waals surface area contributed by atoms with Crippen LogP contribution in [0.15, 0.2) is 65.8 Å². The van der Waals surface area contributed by atoms with E-state index in [0.29, 0.717) is 0 Å². The van der Waals surface area contributed by atoms with E-state index in [-0.39, 0.29) is 0 Å². The van der Waals surface area contributed by atoms with E-state index in [0.717, 1.165) is 24.1 Å². The molecule has 0 radical (unpaired) electrons. The zero-order valence-corrected chi connectivity index (χ0v) is 12.2. The zero-order valence-electron chi connectivity index (χ0n) is 12.2. The van der Waals surface area contributed by atoms with Crippen molar-refractivity contribution >= 4 is 5.71 Å². The fourth-order valence-electron chi connectivity index (χ4n) is 1.40. The van der Waals surface area contributed by atoms with E-state index in [1.54, 1.807) is 6.08 Å². The van der Waals surface area contributed by atoms with Crippen molar-refractivity contribution in [2.75, 3.05) is 7.11 Å². The first-order valence-electron chi connectivity index (χ1n) is 6.20. The van der Waals surface area contributed by atoms with Gasteiger partial charge < -0.3 is 5.11 Å². The molecule has 1 rings (SSSR count). The van der Waals surface area contributed by atoms with Crippen molar-refractivity contribution in [1.82, 2.24) is 0 Å². The predicted octanol–water partition coefficient (Wildman–Crippen LogP) is 4.06. The first kappa shape index (κ1) is 17.1. The van der Waals surface area contributed by atoms with Gasteiger partial charge in [0.25, 0.3) is 0 Å². The van der Waals surface area contributed by atoms with E-state index in [9.17, 15) is 0 Å². The summed E-state index contributed by atoms with van der Waals surface area (Å²) in [5.74, 6) is 0. The molecule has 0 saturated carbocycles. The van der Waals surface area contributed by atoms with Gasteiger partial charge in [-0.2, -0.15) is 0 Å². The molecule has 0 spiro atoms. The molecule has 1 aromatic rings. The summed E-state index contributed by atoms with van der Waals surface area (Å²) in [5.41, 5.74) is 4.28. The smallest absolute Gasteiger partial charge is 0.0627 e. The van der Waals surface area contributed by atoms with Gasteiger partial charge in [-0.15, -0.1) is 0 Å². The molecule has 0 aromatic heterocycles. The predicted molar refractivity (Wildman–Crippen MR) is 84.6 cm³/mol. The van der Waals surface area contributed by atoms with Crippen molar-refractivity contribution in [3.8, 4) is 0 Å². The maximum Gasteiger partial charge on any atom is 0.0627 e. The molecule has 0 bridgehead atoms. The summed E-state index contributed by atoms with van der Waals surface area (Å²) >= 11 is 0. The lowest BCUT2D eigenvalue weighted by Gasteiger charge is -2.02. The van der Waals surface area contributed by atoms with Crippen LogP contribution >= 0.6 is 0 Å². The largest absolute Gasteiger partial charge is 0.400 e. The van der Waals surface area contributed by atoms with Crippen molar-refractivity contribution in [2.45, 2.75) is 20.8 Å². The maximum absolute atomic E-state index is 7.00. The molecule has 1 N–H and O–H groups in total. The van der Waals surface area contributed by atoms with Crippen LogP contribution in [0, 0.1) is 6.92 Å². The fraction of sp³-hybridized carbons (Fsp3) is 0.235. The Morgan fingerprint density at radius 1 is 1.21 bits per heavy atom. The zero-order chi connectivity index (χ0) is 14.7. The summed E-state index contributed by atoms with van der Waals surface area (Å²) in [7, 11) is 1.00. The van der Waals surface area contributed by atoms with Crippen LogP contribution in [-0.4, -0.2) is 17.9 Å². The van der Waals surface area contributed by atoms with Gasteiger partial charge in [0.1, 0.15) is 0 Å². The van der Waals surface area contributed by atoms with Gasteiger partial charge in [-0.25, -0.2) is 0 Å². The summed E-state index contributed by atoms with van der Waals surface area (Å²) < 4.78 is 0. The molecule has 2 nitrogen and oxygen atoms in total. The lowest BCUT2D eigenvalue weighted by atomic mass is 10.1. The van der Waals surface area contributed by atoms with Crippen LogP contribution in [-0.2, 0) is 0 Å². The molecule has 1 aromatic carbocycles.